The van der Waals surface area contributed by atoms with Gasteiger partial charge in [-0.15, -0.1) is 6.58 Å². The fraction of sp³-hybridized carbons (Fsp3) is 0.905. The fourth-order valence-corrected chi connectivity index (χ4v) is 3.22. The smallest absolute Gasteiger partial charge is 0.0298 e. The summed E-state index contributed by atoms with van der Waals surface area (Å²) in [6.07, 6.45) is 11.7. The first-order valence-electron chi connectivity index (χ1n) is 9.52. The van der Waals surface area contributed by atoms with Crippen molar-refractivity contribution in [3.63, 3.8) is 0 Å². The zero-order chi connectivity index (χ0) is 16.9. The maximum atomic E-state index is 3.48. The molecule has 1 rings (SSSR count). The SMILES string of the molecule is C=CCC.CC.CCC1CCCC1(C)CCC(C)C(C)C. The van der Waals surface area contributed by atoms with Gasteiger partial charge in [0.05, 0.1) is 0 Å². The Bertz CT molecular complexity index is 228. The van der Waals surface area contributed by atoms with E-state index in [1.54, 1.807) is 0 Å². The highest BCUT2D eigenvalue weighted by Gasteiger charge is 2.37. The minimum Gasteiger partial charge on any atom is -0.103 e. The summed E-state index contributed by atoms with van der Waals surface area (Å²) in [5, 5.41) is 0. The van der Waals surface area contributed by atoms with Crippen LogP contribution >= 0.6 is 0 Å². The van der Waals surface area contributed by atoms with E-state index in [-0.39, 0.29) is 0 Å². The molecular formula is C21H44. The standard InChI is InChI=1S/C15H30.C4H8.C2H6/c1-6-14-8-7-10-15(14,5)11-9-13(4)12(2)3;1-3-4-2;1-2/h12-14H,6-11H2,1-5H3;3H,1,4H2,2H3;1-2H3. The van der Waals surface area contributed by atoms with E-state index in [1.807, 2.05) is 19.9 Å². The third-order valence-electron chi connectivity index (χ3n) is 5.38. The molecule has 0 aromatic rings. The monoisotopic (exact) mass is 296 g/mol. The molecule has 0 aromatic heterocycles. The van der Waals surface area contributed by atoms with E-state index in [0.29, 0.717) is 5.41 Å². The molecular weight excluding hydrogens is 252 g/mol. The van der Waals surface area contributed by atoms with Gasteiger partial charge in [-0.3, -0.25) is 0 Å². The van der Waals surface area contributed by atoms with E-state index >= 15 is 0 Å². The van der Waals surface area contributed by atoms with Crippen LogP contribution in [0.15, 0.2) is 12.7 Å². The molecule has 1 fully saturated rings. The van der Waals surface area contributed by atoms with E-state index in [9.17, 15) is 0 Å². The molecule has 1 aliphatic carbocycles. The highest BCUT2D eigenvalue weighted by molar-refractivity contribution is 4.88. The summed E-state index contributed by atoms with van der Waals surface area (Å²) in [6.45, 7) is 21.6. The Morgan fingerprint density at radius 3 is 2.10 bits per heavy atom. The van der Waals surface area contributed by atoms with Gasteiger partial charge < -0.3 is 0 Å². The van der Waals surface area contributed by atoms with Crippen LogP contribution in [0.25, 0.3) is 0 Å². The number of hydrogen-bond acceptors (Lipinski definition) is 0. The number of allylic oxidation sites excluding steroid dienone is 1. The average Bonchev–Trinajstić information content (AvgIpc) is 2.88. The van der Waals surface area contributed by atoms with Crippen molar-refractivity contribution < 1.29 is 0 Å². The van der Waals surface area contributed by atoms with Crippen LogP contribution in [0.2, 0.25) is 0 Å². The highest BCUT2D eigenvalue weighted by atomic mass is 14.4. The Kier molecular flexibility index (Phi) is 14.7. The molecule has 0 aliphatic heterocycles. The third-order valence-corrected chi connectivity index (χ3v) is 5.38. The van der Waals surface area contributed by atoms with Crippen molar-refractivity contribution in [1.29, 1.82) is 0 Å². The van der Waals surface area contributed by atoms with Crippen molar-refractivity contribution in [2.75, 3.05) is 0 Å². The molecule has 0 nitrogen and oxygen atoms in total. The summed E-state index contributed by atoms with van der Waals surface area (Å²) in [6, 6.07) is 0. The number of hydrogen-bond donors (Lipinski definition) is 0. The van der Waals surface area contributed by atoms with Crippen LogP contribution in [0.3, 0.4) is 0 Å². The molecule has 3 atom stereocenters. The first kappa shape index (κ1) is 23.0. The molecule has 0 saturated heterocycles. The van der Waals surface area contributed by atoms with Crippen molar-refractivity contribution >= 4 is 0 Å². The Labute approximate surface area is 136 Å². The highest BCUT2D eigenvalue weighted by Crippen LogP contribution is 2.48. The normalized spacial score (nSPS) is 25.5. The molecule has 0 amide bonds. The second kappa shape index (κ2) is 13.4. The zero-order valence-electron chi connectivity index (χ0n) is 16.5. The summed E-state index contributed by atoms with van der Waals surface area (Å²) in [7, 11) is 0. The maximum Gasteiger partial charge on any atom is -0.0298 e. The first-order valence-corrected chi connectivity index (χ1v) is 9.52. The quantitative estimate of drug-likeness (QED) is 0.437. The van der Waals surface area contributed by atoms with E-state index < -0.39 is 0 Å². The van der Waals surface area contributed by atoms with E-state index in [4.69, 9.17) is 0 Å². The van der Waals surface area contributed by atoms with Crippen LogP contribution in [-0.4, -0.2) is 0 Å². The van der Waals surface area contributed by atoms with Gasteiger partial charge in [0.15, 0.2) is 0 Å². The van der Waals surface area contributed by atoms with Crippen molar-refractivity contribution in [3.05, 3.63) is 12.7 Å². The van der Waals surface area contributed by atoms with Crippen LogP contribution < -0.4 is 0 Å². The molecule has 0 bridgehead atoms. The van der Waals surface area contributed by atoms with Crippen LogP contribution in [0.1, 0.15) is 100 Å². The summed E-state index contributed by atoms with van der Waals surface area (Å²) < 4.78 is 0. The molecule has 1 aliphatic rings. The lowest BCUT2D eigenvalue weighted by molar-refractivity contribution is 0.179. The lowest BCUT2D eigenvalue weighted by Gasteiger charge is -2.32. The van der Waals surface area contributed by atoms with Crippen molar-refractivity contribution in [2.45, 2.75) is 100 Å². The van der Waals surface area contributed by atoms with Gasteiger partial charge in [-0.2, -0.15) is 0 Å². The van der Waals surface area contributed by atoms with E-state index in [0.717, 1.165) is 24.2 Å². The van der Waals surface area contributed by atoms with Crippen molar-refractivity contribution in [1.82, 2.24) is 0 Å². The zero-order valence-corrected chi connectivity index (χ0v) is 16.5. The third kappa shape index (κ3) is 9.38. The van der Waals surface area contributed by atoms with E-state index in [2.05, 4.69) is 48.1 Å². The van der Waals surface area contributed by atoms with Gasteiger partial charge in [0.1, 0.15) is 0 Å². The molecule has 0 N–H and O–H groups in total. The predicted octanol–water partition coefficient (Wildman–Crippen LogP) is 7.88. The second-order valence-corrected chi connectivity index (χ2v) is 7.11. The Morgan fingerprint density at radius 2 is 1.71 bits per heavy atom. The Balaban J connectivity index is 0. The molecule has 128 valence electrons. The largest absolute Gasteiger partial charge is 0.103 e. The second-order valence-electron chi connectivity index (χ2n) is 7.11. The predicted molar refractivity (Wildman–Crippen MR) is 101 cm³/mol. The average molecular weight is 297 g/mol. The van der Waals surface area contributed by atoms with Gasteiger partial charge in [0.25, 0.3) is 0 Å². The molecule has 1 saturated carbocycles. The molecule has 0 heteroatoms. The van der Waals surface area contributed by atoms with Gasteiger partial charge >= 0.3 is 0 Å². The molecule has 0 heterocycles. The molecule has 0 spiro atoms. The Morgan fingerprint density at radius 1 is 1.19 bits per heavy atom. The minimum atomic E-state index is 0.678. The lowest BCUT2D eigenvalue weighted by atomic mass is 9.73. The fourth-order valence-electron chi connectivity index (χ4n) is 3.22. The molecule has 0 aromatic carbocycles. The summed E-state index contributed by atoms with van der Waals surface area (Å²) in [5.41, 5.74) is 0.678. The van der Waals surface area contributed by atoms with Gasteiger partial charge in [0, 0.05) is 0 Å². The summed E-state index contributed by atoms with van der Waals surface area (Å²) in [5.74, 6) is 2.77. The van der Waals surface area contributed by atoms with Crippen LogP contribution in [0.5, 0.6) is 0 Å². The van der Waals surface area contributed by atoms with Gasteiger partial charge in [0.2, 0.25) is 0 Å². The minimum absolute atomic E-state index is 0.678. The van der Waals surface area contributed by atoms with E-state index in [1.165, 1.54) is 38.5 Å². The maximum absolute atomic E-state index is 3.48. The van der Waals surface area contributed by atoms with Crippen molar-refractivity contribution in [3.8, 4) is 0 Å². The van der Waals surface area contributed by atoms with Crippen molar-refractivity contribution in [2.24, 2.45) is 23.2 Å². The summed E-state index contributed by atoms with van der Waals surface area (Å²) in [4.78, 5) is 0. The van der Waals surface area contributed by atoms with Gasteiger partial charge in [-0.25, -0.2) is 0 Å². The van der Waals surface area contributed by atoms with Crippen LogP contribution in [-0.2, 0) is 0 Å². The topological polar surface area (TPSA) is 0 Å². The Hall–Kier alpha value is -0.260. The van der Waals surface area contributed by atoms with Gasteiger partial charge in [-0.1, -0.05) is 74.3 Å². The molecule has 0 radical (unpaired) electrons. The lowest BCUT2D eigenvalue weighted by Crippen LogP contribution is -2.22. The molecule has 21 heavy (non-hydrogen) atoms. The van der Waals surface area contributed by atoms with Crippen LogP contribution in [0, 0.1) is 23.2 Å². The van der Waals surface area contributed by atoms with Gasteiger partial charge in [-0.05, 0) is 55.3 Å². The first-order chi connectivity index (χ1) is 9.91. The number of rotatable bonds is 6. The van der Waals surface area contributed by atoms with Crippen LogP contribution in [0.4, 0.5) is 0 Å². The summed E-state index contributed by atoms with van der Waals surface area (Å²) >= 11 is 0. The molecule has 3 unspecified atom stereocenters.